The van der Waals surface area contributed by atoms with Gasteiger partial charge in [0, 0.05) is 32.3 Å². The number of amides is 1. The van der Waals surface area contributed by atoms with Crippen molar-refractivity contribution in [3.05, 3.63) is 29.6 Å². The number of aromatic amines is 1. The maximum Gasteiger partial charge on any atom is 0.265 e. The molecule has 3 N–H and O–H groups in total. The minimum Gasteiger partial charge on any atom is -0.364 e. The normalized spacial score (nSPS) is 19.5. The van der Waals surface area contributed by atoms with Crippen LogP contribution in [0.4, 0.5) is 0 Å². The highest BCUT2D eigenvalue weighted by atomic mass is 32.2. The smallest absolute Gasteiger partial charge is 0.265 e. The van der Waals surface area contributed by atoms with Gasteiger partial charge in [-0.25, -0.2) is 13.4 Å². The van der Waals surface area contributed by atoms with E-state index in [0.29, 0.717) is 24.7 Å². The summed E-state index contributed by atoms with van der Waals surface area (Å²) in [5, 5.41) is 6.94. The van der Waals surface area contributed by atoms with Crippen molar-refractivity contribution < 1.29 is 13.2 Å². The van der Waals surface area contributed by atoms with Crippen LogP contribution < -0.4 is 5.73 Å². The standard InChI is InChI=1S/C14H20N6O3S/c1-9-16-14(18-17-9)10-4-3-5-20(7-10)24(22,23)11-6-12(13(15)21)19(2)8-11/h6,8,10H,3-5,7H2,1-2H3,(H2,15,21)(H,16,17,18). The van der Waals surface area contributed by atoms with Gasteiger partial charge in [-0.15, -0.1) is 0 Å². The number of H-pyrrole nitrogens is 1. The molecule has 1 fully saturated rings. The summed E-state index contributed by atoms with van der Waals surface area (Å²) in [7, 11) is -2.10. The molecule has 0 spiro atoms. The Morgan fingerprint density at radius 2 is 2.21 bits per heavy atom. The molecule has 1 aliphatic rings. The number of nitrogens with one attached hydrogen (secondary N) is 1. The van der Waals surface area contributed by atoms with Gasteiger partial charge < -0.3 is 10.3 Å². The fourth-order valence-corrected chi connectivity index (χ4v) is 4.58. The number of carbonyl (C=O) groups excluding carboxylic acids is 1. The second-order valence-corrected chi connectivity index (χ2v) is 7.96. The molecule has 0 aliphatic carbocycles. The molecule has 0 aromatic carbocycles. The average Bonchev–Trinajstić information content (AvgIpc) is 3.14. The Balaban J connectivity index is 1.86. The fourth-order valence-electron chi connectivity index (χ4n) is 2.98. The van der Waals surface area contributed by atoms with Crippen LogP contribution in [0.25, 0.3) is 0 Å². The number of carbonyl (C=O) groups is 1. The molecule has 1 aliphatic heterocycles. The van der Waals surface area contributed by atoms with Gasteiger partial charge in [-0.05, 0) is 25.8 Å². The van der Waals surface area contributed by atoms with Crippen LogP contribution in [-0.2, 0) is 17.1 Å². The third-order valence-electron chi connectivity index (χ3n) is 4.23. The lowest BCUT2D eigenvalue weighted by molar-refractivity contribution is 0.0992. The molecule has 2 aromatic heterocycles. The maximum absolute atomic E-state index is 12.9. The van der Waals surface area contributed by atoms with E-state index in [-0.39, 0.29) is 16.5 Å². The van der Waals surface area contributed by atoms with Gasteiger partial charge in [0.25, 0.3) is 5.91 Å². The van der Waals surface area contributed by atoms with Gasteiger partial charge in [0.15, 0.2) is 5.82 Å². The second-order valence-electron chi connectivity index (χ2n) is 6.02. The number of primary amides is 1. The summed E-state index contributed by atoms with van der Waals surface area (Å²) in [6.45, 7) is 2.56. The largest absolute Gasteiger partial charge is 0.364 e. The third kappa shape index (κ3) is 2.94. The average molecular weight is 352 g/mol. The number of aryl methyl sites for hydroxylation is 2. The van der Waals surface area contributed by atoms with Crippen molar-refractivity contribution in [2.24, 2.45) is 12.8 Å². The molecule has 24 heavy (non-hydrogen) atoms. The minimum atomic E-state index is -3.69. The summed E-state index contributed by atoms with van der Waals surface area (Å²) in [6.07, 6.45) is 2.98. The Morgan fingerprint density at radius 3 is 2.79 bits per heavy atom. The molecule has 9 nitrogen and oxygen atoms in total. The Labute approximate surface area is 139 Å². The summed E-state index contributed by atoms with van der Waals surface area (Å²) in [4.78, 5) is 15.7. The number of hydrogen-bond acceptors (Lipinski definition) is 5. The Hall–Kier alpha value is -2.20. The molecule has 2 aromatic rings. The number of piperidine rings is 1. The van der Waals surface area contributed by atoms with Gasteiger partial charge in [0.05, 0.1) is 0 Å². The van der Waals surface area contributed by atoms with Crippen LogP contribution in [0.1, 0.15) is 40.9 Å². The quantitative estimate of drug-likeness (QED) is 0.808. The first kappa shape index (κ1) is 16.7. The van der Waals surface area contributed by atoms with E-state index in [1.54, 1.807) is 7.05 Å². The van der Waals surface area contributed by atoms with Crippen molar-refractivity contribution >= 4 is 15.9 Å². The zero-order valence-electron chi connectivity index (χ0n) is 13.6. The Morgan fingerprint density at radius 1 is 1.46 bits per heavy atom. The van der Waals surface area contributed by atoms with E-state index in [4.69, 9.17) is 5.73 Å². The lowest BCUT2D eigenvalue weighted by atomic mass is 9.99. The molecule has 130 valence electrons. The SMILES string of the molecule is Cc1nc(C2CCCN(S(=O)(=O)c3cc(C(N)=O)n(C)c3)C2)n[nH]1. The topological polar surface area (TPSA) is 127 Å². The van der Waals surface area contributed by atoms with E-state index in [1.807, 2.05) is 6.92 Å². The molecule has 0 saturated carbocycles. The number of sulfonamides is 1. The van der Waals surface area contributed by atoms with E-state index in [1.165, 1.54) is 21.1 Å². The summed E-state index contributed by atoms with van der Waals surface area (Å²) in [6, 6.07) is 1.32. The summed E-state index contributed by atoms with van der Waals surface area (Å²) < 4.78 is 28.6. The number of rotatable bonds is 4. The van der Waals surface area contributed by atoms with Crippen LogP contribution >= 0.6 is 0 Å². The molecule has 1 atom stereocenters. The highest BCUT2D eigenvalue weighted by molar-refractivity contribution is 7.89. The van der Waals surface area contributed by atoms with Crippen molar-refractivity contribution in [1.29, 1.82) is 0 Å². The summed E-state index contributed by atoms with van der Waals surface area (Å²) in [5.41, 5.74) is 5.42. The molecular weight excluding hydrogens is 332 g/mol. The van der Waals surface area contributed by atoms with Gasteiger partial charge in [-0.2, -0.15) is 9.40 Å². The lowest BCUT2D eigenvalue weighted by Gasteiger charge is -2.30. The van der Waals surface area contributed by atoms with E-state index < -0.39 is 15.9 Å². The first-order chi connectivity index (χ1) is 11.3. The molecule has 0 radical (unpaired) electrons. The number of nitrogens with zero attached hydrogens (tertiary/aromatic N) is 4. The zero-order chi connectivity index (χ0) is 17.5. The molecule has 1 saturated heterocycles. The van der Waals surface area contributed by atoms with Gasteiger partial charge in [0.1, 0.15) is 16.4 Å². The first-order valence-corrected chi connectivity index (χ1v) is 9.08. The van der Waals surface area contributed by atoms with E-state index in [2.05, 4.69) is 15.2 Å². The monoisotopic (exact) mass is 352 g/mol. The van der Waals surface area contributed by atoms with Gasteiger partial charge in [0.2, 0.25) is 10.0 Å². The Bertz CT molecular complexity index is 869. The molecule has 10 heteroatoms. The lowest BCUT2D eigenvalue weighted by Crippen LogP contribution is -2.39. The third-order valence-corrected chi connectivity index (χ3v) is 6.06. The van der Waals surface area contributed by atoms with Crippen molar-refractivity contribution in [2.75, 3.05) is 13.1 Å². The van der Waals surface area contributed by atoms with Crippen LogP contribution in [0.5, 0.6) is 0 Å². The van der Waals surface area contributed by atoms with Crippen LogP contribution in [0.2, 0.25) is 0 Å². The highest BCUT2D eigenvalue weighted by Gasteiger charge is 2.33. The molecule has 0 bridgehead atoms. The molecule has 1 amide bonds. The predicted molar refractivity (Wildman–Crippen MR) is 85.8 cm³/mol. The van der Waals surface area contributed by atoms with Gasteiger partial charge in [-0.3, -0.25) is 9.89 Å². The zero-order valence-corrected chi connectivity index (χ0v) is 14.4. The molecule has 3 rings (SSSR count). The van der Waals surface area contributed by atoms with Gasteiger partial charge in [-0.1, -0.05) is 0 Å². The van der Waals surface area contributed by atoms with Crippen molar-refractivity contribution in [1.82, 2.24) is 24.1 Å². The van der Waals surface area contributed by atoms with Gasteiger partial charge >= 0.3 is 0 Å². The van der Waals surface area contributed by atoms with Crippen molar-refractivity contribution in [3.8, 4) is 0 Å². The Kier molecular flexibility index (Phi) is 4.18. The van der Waals surface area contributed by atoms with Crippen molar-refractivity contribution in [2.45, 2.75) is 30.6 Å². The van der Waals surface area contributed by atoms with E-state index >= 15 is 0 Å². The maximum atomic E-state index is 12.9. The van der Waals surface area contributed by atoms with Crippen LogP contribution in [0.3, 0.4) is 0 Å². The minimum absolute atomic E-state index is 0.0437. The first-order valence-electron chi connectivity index (χ1n) is 7.64. The number of aromatic nitrogens is 4. The van der Waals surface area contributed by atoms with E-state index in [9.17, 15) is 13.2 Å². The van der Waals surface area contributed by atoms with Crippen molar-refractivity contribution in [3.63, 3.8) is 0 Å². The number of nitrogens with two attached hydrogens (primary N) is 1. The second kappa shape index (κ2) is 6.02. The summed E-state index contributed by atoms with van der Waals surface area (Å²) >= 11 is 0. The van der Waals surface area contributed by atoms with Crippen LogP contribution in [0, 0.1) is 6.92 Å². The van der Waals surface area contributed by atoms with Crippen LogP contribution in [0.15, 0.2) is 17.2 Å². The number of hydrogen-bond donors (Lipinski definition) is 2. The van der Waals surface area contributed by atoms with E-state index in [0.717, 1.165) is 12.8 Å². The van der Waals surface area contributed by atoms with Crippen LogP contribution in [-0.4, -0.2) is 51.5 Å². The molecule has 1 unspecified atom stereocenters. The fraction of sp³-hybridized carbons (Fsp3) is 0.500. The summed E-state index contributed by atoms with van der Waals surface area (Å²) in [5.74, 6) is 0.641. The predicted octanol–water partition coefficient (Wildman–Crippen LogP) is 0.119. The molecular formula is C14H20N6O3S. The highest BCUT2D eigenvalue weighted by Crippen LogP contribution is 2.29. The molecule has 3 heterocycles.